The van der Waals surface area contributed by atoms with Crippen LogP contribution in [0, 0.1) is 20.8 Å². The zero-order valence-electron chi connectivity index (χ0n) is 9.28. The molecule has 0 heterocycles. The number of hydrogen-bond acceptors (Lipinski definition) is 2. The maximum absolute atomic E-state index is 5.17. The molecule has 0 aliphatic rings. The highest BCUT2D eigenvalue weighted by atomic mass is 15.3. The van der Waals surface area contributed by atoms with Crippen LogP contribution >= 0.6 is 0 Å². The van der Waals surface area contributed by atoms with Gasteiger partial charge in [-0.1, -0.05) is 17.7 Å². The fourth-order valence-corrected chi connectivity index (χ4v) is 1.55. The molecule has 0 spiro atoms. The lowest BCUT2D eigenvalue weighted by Gasteiger charge is -2.05. The molecule has 4 heteroatoms. The molecule has 0 saturated carbocycles. The molecule has 0 amide bonds. The monoisotopic (exact) mass is 204 g/mol. The van der Waals surface area contributed by atoms with E-state index in [2.05, 4.69) is 29.3 Å². The maximum Gasteiger partial charge on any atom is 0.211 e. The van der Waals surface area contributed by atoms with E-state index in [0.29, 0.717) is 0 Å². The minimum absolute atomic E-state index is 0.0336. The number of benzene rings is 1. The first-order valence-electron chi connectivity index (χ1n) is 4.70. The third-order valence-electron chi connectivity index (χ3n) is 2.10. The summed E-state index contributed by atoms with van der Waals surface area (Å²) in [5.74, 6) is -0.0336. The van der Waals surface area contributed by atoms with Crippen LogP contribution in [0.2, 0.25) is 0 Å². The number of hydrogen-bond donors (Lipinski definition) is 2. The number of aryl methyl sites for hydroxylation is 3. The summed E-state index contributed by atoms with van der Waals surface area (Å²) in [4.78, 5) is 0. The Kier molecular flexibility index (Phi) is 3.44. The van der Waals surface area contributed by atoms with E-state index in [4.69, 9.17) is 11.5 Å². The Labute approximate surface area is 89.7 Å². The summed E-state index contributed by atoms with van der Waals surface area (Å²) in [5.41, 5.74) is 15.0. The van der Waals surface area contributed by atoms with Gasteiger partial charge >= 0.3 is 0 Å². The first-order chi connectivity index (χ1) is 7.00. The second kappa shape index (κ2) is 4.59. The van der Waals surface area contributed by atoms with Gasteiger partial charge in [-0.2, -0.15) is 5.10 Å². The Morgan fingerprint density at radius 2 is 1.67 bits per heavy atom. The Hall–Kier alpha value is -1.84. The van der Waals surface area contributed by atoms with Crippen molar-refractivity contribution in [3.63, 3.8) is 0 Å². The summed E-state index contributed by atoms with van der Waals surface area (Å²) in [6, 6.07) is 4.20. The molecule has 1 rings (SSSR count). The van der Waals surface area contributed by atoms with Crippen LogP contribution in [0.5, 0.6) is 0 Å². The summed E-state index contributed by atoms with van der Waals surface area (Å²) in [6.45, 7) is 6.14. The largest absolute Gasteiger partial charge is 0.369 e. The molecule has 15 heavy (non-hydrogen) atoms. The molecule has 1 aromatic carbocycles. The third-order valence-corrected chi connectivity index (χ3v) is 2.10. The van der Waals surface area contributed by atoms with E-state index < -0.39 is 0 Å². The van der Waals surface area contributed by atoms with Crippen LogP contribution in [0.4, 0.5) is 0 Å². The van der Waals surface area contributed by atoms with Crippen LogP contribution in [0.25, 0.3) is 0 Å². The molecule has 4 nitrogen and oxygen atoms in total. The second-order valence-corrected chi connectivity index (χ2v) is 3.58. The zero-order valence-corrected chi connectivity index (χ0v) is 9.28. The van der Waals surface area contributed by atoms with Crippen molar-refractivity contribution in [2.24, 2.45) is 21.7 Å². The van der Waals surface area contributed by atoms with Crippen molar-refractivity contribution in [2.45, 2.75) is 20.8 Å². The van der Waals surface area contributed by atoms with Gasteiger partial charge in [0.05, 0.1) is 6.21 Å². The molecule has 0 aliphatic heterocycles. The summed E-state index contributed by atoms with van der Waals surface area (Å²) in [5, 5.41) is 7.37. The van der Waals surface area contributed by atoms with E-state index in [1.807, 2.05) is 13.8 Å². The summed E-state index contributed by atoms with van der Waals surface area (Å²) >= 11 is 0. The molecular formula is C11H16N4. The Morgan fingerprint density at radius 3 is 2.13 bits per heavy atom. The van der Waals surface area contributed by atoms with Gasteiger partial charge in [-0.05, 0) is 31.9 Å². The molecule has 4 N–H and O–H groups in total. The highest BCUT2D eigenvalue weighted by Crippen LogP contribution is 2.14. The first kappa shape index (κ1) is 11.2. The molecule has 0 bridgehead atoms. The van der Waals surface area contributed by atoms with E-state index >= 15 is 0 Å². The number of nitrogens with two attached hydrogens (primary N) is 2. The lowest BCUT2D eigenvalue weighted by molar-refractivity contribution is 1.21. The maximum atomic E-state index is 5.17. The van der Waals surface area contributed by atoms with Crippen molar-refractivity contribution in [3.05, 3.63) is 34.4 Å². The van der Waals surface area contributed by atoms with Gasteiger partial charge in [0, 0.05) is 5.56 Å². The highest BCUT2D eigenvalue weighted by molar-refractivity contribution is 5.84. The lowest BCUT2D eigenvalue weighted by atomic mass is 10.0. The molecule has 0 fully saturated rings. The molecular weight excluding hydrogens is 188 g/mol. The molecule has 0 unspecified atom stereocenters. The lowest BCUT2D eigenvalue weighted by Crippen LogP contribution is -2.21. The van der Waals surface area contributed by atoms with Crippen molar-refractivity contribution in [2.75, 3.05) is 0 Å². The molecule has 0 aromatic heterocycles. The van der Waals surface area contributed by atoms with Crippen molar-refractivity contribution < 1.29 is 0 Å². The van der Waals surface area contributed by atoms with Crippen molar-refractivity contribution in [3.8, 4) is 0 Å². The Bertz CT molecular complexity index is 392. The standard InChI is InChI=1S/C11H16N4/c1-7-4-8(2)10(9(3)5-7)6-14-15-11(12)13/h4-6H,1-3H3,(H4,12,13,15)/b14-6+. The Balaban J connectivity index is 3.05. The van der Waals surface area contributed by atoms with E-state index in [9.17, 15) is 0 Å². The average molecular weight is 204 g/mol. The highest BCUT2D eigenvalue weighted by Gasteiger charge is 2.00. The van der Waals surface area contributed by atoms with Gasteiger partial charge in [-0.25, -0.2) is 0 Å². The minimum atomic E-state index is -0.0336. The van der Waals surface area contributed by atoms with E-state index in [-0.39, 0.29) is 5.96 Å². The quantitative estimate of drug-likeness (QED) is 0.431. The Morgan fingerprint density at radius 1 is 1.13 bits per heavy atom. The van der Waals surface area contributed by atoms with Crippen LogP contribution in [-0.4, -0.2) is 12.2 Å². The predicted octanol–water partition coefficient (Wildman–Crippen LogP) is 1.22. The van der Waals surface area contributed by atoms with Crippen LogP contribution in [0.3, 0.4) is 0 Å². The van der Waals surface area contributed by atoms with E-state index in [1.165, 1.54) is 16.7 Å². The molecule has 80 valence electrons. The van der Waals surface area contributed by atoms with Crippen LogP contribution in [0.15, 0.2) is 22.3 Å². The van der Waals surface area contributed by atoms with Gasteiger partial charge in [0.2, 0.25) is 5.96 Å². The van der Waals surface area contributed by atoms with Crippen LogP contribution < -0.4 is 11.5 Å². The number of rotatable bonds is 2. The van der Waals surface area contributed by atoms with Gasteiger partial charge in [0.25, 0.3) is 0 Å². The van der Waals surface area contributed by atoms with Crippen LogP contribution in [0.1, 0.15) is 22.3 Å². The molecule has 0 radical (unpaired) electrons. The van der Waals surface area contributed by atoms with E-state index in [1.54, 1.807) is 6.21 Å². The predicted molar refractivity (Wildman–Crippen MR) is 64.1 cm³/mol. The fraction of sp³-hybridized carbons (Fsp3) is 0.273. The first-order valence-corrected chi connectivity index (χ1v) is 4.70. The van der Waals surface area contributed by atoms with Gasteiger partial charge in [-0.15, -0.1) is 5.10 Å². The van der Waals surface area contributed by atoms with Gasteiger partial charge in [-0.3, -0.25) is 0 Å². The van der Waals surface area contributed by atoms with Crippen molar-refractivity contribution in [1.82, 2.24) is 0 Å². The fourth-order valence-electron chi connectivity index (χ4n) is 1.55. The van der Waals surface area contributed by atoms with Gasteiger partial charge in [0.1, 0.15) is 0 Å². The number of guanidine groups is 1. The molecule has 0 saturated heterocycles. The summed E-state index contributed by atoms with van der Waals surface area (Å²) < 4.78 is 0. The van der Waals surface area contributed by atoms with E-state index in [0.717, 1.165) is 5.56 Å². The van der Waals surface area contributed by atoms with Crippen molar-refractivity contribution >= 4 is 12.2 Å². The second-order valence-electron chi connectivity index (χ2n) is 3.58. The van der Waals surface area contributed by atoms with Gasteiger partial charge < -0.3 is 11.5 Å². The SMILES string of the molecule is Cc1cc(C)c(/C=N/N=C(N)N)c(C)c1. The third kappa shape index (κ3) is 3.09. The molecule has 0 aliphatic carbocycles. The topological polar surface area (TPSA) is 76.8 Å². The smallest absolute Gasteiger partial charge is 0.211 e. The average Bonchev–Trinajstić information content (AvgIpc) is 2.08. The zero-order chi connectivity index (χ0) is 11.4. The van der Waals surface area contributed by atoms with Gasteiger partial charge in [0.15, 0.2) is 0 Å². The minimum Gasteiger partial charge on any atom is -0.369 e. The molecule has 0 atom stereocenters. The van der Waals surface area contributed by atoms with Crippen LogP contribution in [-0.2, 0) is 0 Å². The number of nitrogens with zero attached hydrogens (tertiary/aromatic N) is 2. The normalized spacial score (nSPS) is 10.6. The summed E-state index contributed by atoms with van der Waals surface area (Å²) in [7, 11) is 0. The summed E-state index contributed by atoms with van der Waals surface area (Å²) in [6.07, 6.45) is 1.67. The molecule has 1 aromatic rings. The van der Waals surface area contributed by atoms with Crippen molar-refractivity contribution in [1.29, 1.82) is 0 Å².